The highest BCUT2D eigenvalue weighted by Gasteiger charge is 2.21. The van der Waals surface area contributed by atoms with Crippen molar-refractivity contribution in [2.24, 2.45) is 0 Å². The van der Waals surface area contributed by atoms with Gasteiger partial charge in [-0.1, -0.05) is 0 Å². The van der Waals surface area contributed by atoms with E-state index in [4.69, 9.17) is 10.5 Å². The van der Waals surface area contributed by atoms with E-state index in [0.717, 1.165) is 38.2 Å². The second-order valence-electron chi connectivity index (χ2n) is 4.47. The second-order valence-corrected chi connectivity index (χ2v) is 5.32. The molecule has 1 aromatic carbocycles. The van der Waals surface area contributed by atoms with Gasteiger partial charge in [0.1, 0.15) is 5.82 Å². The smallest absolute Gasteiger partial charge is 0.139 e. The first-order valence-corrected chi connectivity index (χ1v) is 7.02. The zero-order valence-electron chi connectivity index (χ0n) is 10.5. The van der Waals surface area contributed by atoms with E-state index >= 15 is 0 Å². The average Bonchev–Trinajstić information content (AvgIpc) is 2.35. The molecule has 0 saturated carbocycles. The molecule has 2 N–H and O–H groups in total. The fourth-order valence-electron chi connectivity index (χ4n) is 2.32. The van der Waals surface area contributed by atoms with Crippen molar-refractivity contribution < 1.29 is 9.13 Å². The number of anilines is 2. The standard InChI is InChI=1S/C13H18BrFN2O/c1-2-18-9-3-5-17(6-4-9)13-8-11(15)10(14)7-12(13)16/h7-9H,2-6,16H2,1H3. The molecule has 1 heterocycles. The van der Waals surface area contributed by atoms with Crippen LogP contribution in [0.3, 0.4) is 0 Å². The Balaban J connectivity index is 2.07. The molecule has 1 fully saturated rings. The van der Waals surface area contributed by atoms with Crippen LogP contribution in [0.25, 0.3) is 0 Å². The summed E-state index contributed by atoms with van der Waals surface area (Å²) in [5.41, 5.74) is 7.34. The van der Waals surface area contributed by atoms with Crippen LogP contribution in [0.2, 0.25) is 0 Å². The molecule has 18 heavy (non-hydrogen) atoms. The van der Waals surface area contributed by atoms with Crippen LogP contribution >= 0.6 is 15.9 Å². The summed E-state index contributed by atoms with van der Waals surface area (Å²) in [4.78, 5) is 2.13. The van der Waals surface area contributed by atoms with Crippen LogP contribution in [-0.2, 0) is 4.74 Å². The maximum absolute atomic E-state index is 13.6. The molecule has 0 aromatic heterocycles. The highest BCUT2D eigenvalue weighted by Crippen LogP contribution is 2.31. The SMILES string of the molecule is CCOC1CCN(c2cc(F)c(Br)cc2N)CC1. The van der Waals surface area contributed by atoms with E-state index < -0.39 is 0 Å². The Morgan fingerprint density at radius 2 is 2.11 bits per heavy atom. The van der Waals surface area contributed by atoms with Crippen molar-refractivity contribution in [1.82, 2.24) is 0 Å². The molecule has 3 nitrogen and oxygen atoms in total. The first kappa shape index (κ1) is 13.6. The zero-order chi connectivity index (χ0) is 13.1. The van der Waals surface area contributed by atoms with Gasteiger partial charge in [0.2, 0.25) is 0 Å². The van der Waals surface area contributed by atoms with Crippen LogP contribution in [-0.4, -0.2) is 25.8 Å². The van der Waals surface area contributed by atoms with Gasteiger partial charge in [-0.25, -0.2) is 4.39 Å². The molecule has 1 aromatic rings. The van der Waals surface area contributed by atoms with Crippen LogP contribution in [0, 0.1) is 5.82 Å². The predicted molar refractivity (Wildman–Crippen MR) is 75.4 cm³/mol. The number of ether oxygens (including phenoxy) is 1. The molecule has 5 heteroatoms. The van der Waals surface area contributed by atoms with Gasteiger partial charge >= 0.3 is 0 Å². The number of piperidine rings is 1. The number of rotatable bonds is 3. The lowest BCUT2D eigenvalue weighted by atomic mass is 10.1. The van der Waals surface area contributed by atoms with Crippen LogP contribution < -0.4 is 10.6 Å². The molecule has 0 bridgehead atoms. The molecular weight excluding hydrogens is 299 g/mol. The molecular formula is C13H18BrFN2O. The topological polar surface area (TPSA) is 38.5 Å². The minimum Gasteiger partial charge on any atom is -0.397 e. The minimum atomic E-state index is -0.272. The van der Waals surface area contributed by atoms with Crippen LogP contribution in [0.1, 0.15) is 19.8 Å². The minimum absolute atomic E-state index is 0.272. The summed E-state index contributed by atoms with van der Waals surface area (Å²) >= 11 is 3.14. The largest absolute Gasteiger partial charge is 0.397 e. The van der Waals surface area contributed by atoms with Gasteiger partial charge in [0.05, 0.1) is 22.0 Å². The van der Waals surface area contributed by atoms with Gasteiger partial charge in [-0.15, -0.1) is 0 Å². The summed E-state index contributed by atoms with van der Waals surface area (Å²) in [6, 6.07) is 3.12. The lowest BCUT2D eigenvalue weighted by molar-refractivity contribution is 0.0459. The Labute approximate surface area is 115 Å². The zero-order valence-corrected chi connectivity index (χ0v) is 12.0. The first-order chi connectivity index (χ1) is 8.61. The Morgan fingerprint density at radius 3 is 2.72 bits per heavy atom. The van der Waals surface area contributed by atoms with E-state index in [9.17, 15) is 4.39 Å². The van der Waals surface area contributed by atoms with Crippen molar-refractivity contribution in [3.05, 3.63) is 22.4 Å². The van der Waals surface area contributed by atoms with Crippen LogP contribution in [0.4, 0.5) is 15.8 Å². The number of nitrogens with zero attached hydrogens (tertiary/aromatic N) is 1. The summed E-state index contributed by atoms with van der Waals surface area (Å²) in [6.45, 7) is 4.47. The molecule has 0 amide bonds. The van der Waals surface area contributed by atoms with Crippen molar-refractivity contribution in [1.29, 1.82) is 0 Å². The normalized spacial score (nSPS) is 17.2. The van der Waals surface area contributed by atoms with E-state index in [1.807, 2.05) is 6.92 Å². The summed E-state index contributed by atoms with van der Waals surface area (Å²) in [6.07, 6.45) is 2.25. The summed E-state index contributed by atoms with van der Waals surface area (Å²) < 4.78 is 19.6. The van der Waals surface area contributed by atoms with Gasteiger partial charge in [-0.05, 0) is 41.8 Å². The third-order valence-electron chi connectivity index (χ3n) is 3.25. The van der Waals surface area contributed by atoms with E-state index in [-0.39, 0.29) is 5.82 Å². The van der Waals surface area contributed by atoms with E-state index in [2.05, 4.69) is 20.8 Å². The molecule has 0 atom stereocenters. The fourth-order valence-corrected chi connectivity index (χ4v) is 2.69. The number of nitrogen functional groups attached to an aromatic ring is 1. The number of nitrogens with two attached hydrogens (primary N) is 1. The van der Waals surface area contributed by atoms with E-state index in [1.165, 1.54) is 6.07 Å². The van der Waals surface area contributed by atoms with Crippen molar-refractivity contribution in [2.75, 3.05) is 30.3 Å². The average molecular weight is 317 g/mol. The van der Waals surface area contributed by atoms with Crippen molar-refractivity contribution in [3.63, 3.8) is 0 Å². The quantitative estimate of drug-likeness (QED) is 0.870. The van der Waals surface area contributed by atoms with Gasteiger partial charge in [0.15, 0.2) is 0 Å². The lowest BCUT2D eigenvalue weighted by Crippen LogP contribution is -2.37. The Kier molecular flexibility index (Phi) is 4.45. The molecule has 100 valence electrons. The number of hydrogen-bond acceptors (Lipinski definition) is 3. The monoisotopic (exact) mass is 316 g/mol. The molecule has 2 rings (SSSR count). The van der Waals surface area contributed by atoms with Gasteiger partial charge in [0.25, 0.3) is 0 Å². The van der Waals surface area contributed by atoms with Gasteiger partial charge in [-0.3, -0.25) is 0 Å². The van der Waals surface area contributed by atoms with Gasteiger partial charge in [0, 0.05) is 25.8 Å². The third kappa shape index (κ3) is 2.95. The van der Waals surface area contributed by atoms with Crippen molar-refractivity contribution >= 4 is 27.3 Å². The molecule has 0 radical (unpaired) electrons. The maximum Gasteiger partial charge on any atom is 0.139 e. The molecule has 1 aliphatic heterocycles. The number of hydrogen-bond donors (Lipinski definition) is 1. The summed E-state index contributed by atoms with van der Waals surface area (Å²) in [7, 11) is 0. The Hall–Kier alpha value is -0.810. The molecule has 0 spiro atoms. The summed E-state index contributed by atoms with van der Waals surface area (Å²) in [5.74, 6) is -0.272. The van der Waals surface area contributed by atoms with Crippen molar-refractivity contribution in [2.45, 2.75) is 25.9 Å². The lowest BCUT2D eigenvalue weighted by Gasteiger charge is -2.34. The fraction of sp³-hybridized carbons (Fsp3) is 0.538. The van der Waals surface area contributed by atoms with Crippen LogP contribution in [0.5, 0.6) is 0 Å². The van der Waals surface area contributed by atoms with Crippen molar-refractivity contribution in [3.8, 4) is 0 Å². The number of benzene rings is 1. The second kappa shape index (κ2) is 5.89. The molecule has 0 aliphatic carbocycles. The van der Waals surface area contributed by atoms with Crippen LogP contribution in [0.15, 0.2) is 16.6 Å². The third-order valence-corrected chi connectivity index (χ3v) is 3.86. The number of halogens is 2. The molecule has 1 saturated heterocycles. The maximum atomic E-state index is 13.6. The molecule has 0 unspecified atom stereocenters. The highest BCUT2D eigenvalue weighted by molar-refractivity contribution is 9.10. The van der Waals surface area contributed by atoms with E-state index in [0.29, 0.717) is 16.3 Å². The Morgan fingerprint density at radius 1 is 1.44 bits per heavy atom. The van der Waals surface area contributed by atoms with Gasteiger partial charge < -0.3 is 15.4 Å². The van der Waals surface area contributed by atoms with E-state index in [1.54, 1.807) is 6.07 Å². The Bertz CT molecular complexity index is 420. The first-order valence-electron chi connectivity index (χ1n) is 6.23. The summed E-state index contributed by atoms with van der Waals surface area (Å²) in [5, 5.41) is 0. The van der Waals surface area contributed by atoms with Gasteiger partial charge in [-0.2, -0.15) is 0 Å². The molecule has 1 aliphatic rings. The highest BCUT2D eigenvalue weighted by atomic mass is 79.9. The predicted octanol–water partition coefficient (Wildman–Crippen LogP) is 3.18.